The van der Waals surface area contributed by atoms with Crippen LogP contribution in [0.15, 0.2) is 25.3 Å². The van der Waals surface area contributed by atoms with E-state index in [0.717, 1.165) is 38.5 Å². The van der Waals surface area contributed by atoms with E-state index in [1.165, 1.54) is 0 Å². The summed E-state index contributed by atoms with van der Waals surface area (Å²) in [5, 5.41) is 10.5. The normalized spacial score (nSPS) is 32.0. The van der Waals surface area contributed by atoms with Crippen LogP contribution in [0.25, 0.3) is 0 Å². The molecule has 3 saturated heterocycles. The van der Waals surface area contributed by atoms with Crippen molar-refractivity contribution in [1.29, 1.82) is 0 Å². The lowest BCUT2D eigenvalue weighted by Crippen LogP contribution is -2.60. The molecule has 0 aliphatic carbocycles. The van der Waals surface area contributed by atoms with Gasteiger partial charge in [0.2, 0.25) is 11.8 Å². The second-order valence-corrected chi connectivity index (χ2v) is 12.3. The van der Waals surface area contributed by atoms with E-state index in [-0.39, 0.29) is 36.9 Å². The molecule has 3 fully saturated rings. The lowest BCUT2D eigenvalue weighted by atomic mass is 9.62. The highest BCUT2D eigenvalue weighted by Crippen LogP contribution is 2.65. The topological polar surface area (TPSA) is 96.4 Å². The predicted molar refractivity (Wildman–Crippen MR) is 155 cm³/mol. The van der Waals surface area contributed by atoms with Crippen LogP contribution in [0.3, 0.4) is 0 Å². The van der Waals surface area contributed by atoms with Gasteiger partial charge in [0.25, 0.3) is 0 Å². The minimum Gasteiger partial charge on any atom is -0.465 e. The van der Waals surface area contributed by atoms with Crippen molar-refractivity contribution in [1.82, 2.24) is 9.80 Å². The third kappa shape index (κ3) is 5.63. The van der Waals surface area contributed by atoms with Gasteiger partial charge in [-0.1, -0.05) is 59.1 Å². The largest absolute Gasteiger partial charge is 0.465 e. The van der Waals surface area contributed by atoms with Crippen molar-refractivity contribution in [3.63, 3.8) is 0 Å². The quantitative estimate of drug-likeness (QED) is 0.160. The van der Waals surface area contributed by atoms with E-state index in [0.29, 0.717) is 25.9 Å². The maximum atomic E-state index is 14.5. The zero-order chi connectivity index (χ0) is 29.7. The van der Waals surface area contributed by atoms with E-state index < -0.39 is 41.1 Å². The molecular formula is C32H52N2O6. The Labute approximate surface area is 241 Å². The van der Waals surface area contributed by atoms with Crippen molar-refractivity contribution in [3.05, 3.63) is 25.3 Å². The molecule has 3 unspecified atom stereocenters. The van der Waals surface area contributed by atoms with Gasteiger partial charge in [-0.3, -0.25) is 14.4 Å². The Balaban J connectivity index is 2.05. The summed E-state index contributed by atoms with van der Waals surface area (Å²) < 4.78 is 12.6. The third-order valence-electron chi connectivity index (χ3n) is 9.83. The maximum absolute atomic E-state index is 14.5. The molecule has 0 aromatic carbocycles. The molecule has 8 atom stereocenters. The maximum Gasteiger partial charge on any atom is 0.312 e. The zero-order valence-corrected chi connectivity index (χ0v) is 25.4. The van der Waals surface area contributed by atoms with Crippen molar-refractivity contribution in [2.75, 3.05) is 26.3 Å². The molecule has 0 aromatic heterocycles. The number of hydrogen-bond acceptors (Lipinski definition) is 6. The first-order valence-corrected chi connectivity index (χ1v) is 15.4. The molecule has 226 valence electrons. The van der Waals surface area contributed by atoms with E-state index in [4.69, 9.17) is 9.47 Å². The number of amides is 2. The van der Waals surface area contributed by atoms with E-state index in [2.05, 4.69) is 20.1 Å². The third-order valence-corrected chi connectivity index (χ3v) is 9.83. The van der Waals surface area contributed by atoms with E-state index in [1.807, 2.05) is 33.8 Å². The molecule has 0 radical (unpaired) electrons. The fourth-order valence-electron chi connectivity index (χ4n) is 7.31. The number of aliphatic hydroxyl groups is 1. The molecule has 8 heteroatoms. The number of aliphatic hydroxyl groups excluding tert-OH is 1. The van der Waals surface area contributed by atoms with E-state index in [9.17, 15) is 19.5 Å². The van der Waals surface area contributed by atoms with Crippen molar-refractivity contribution in [3.8, 4) is 0 Å². The number of ether oxygens (including phenoxy) is 2. The second kappa shape index (κ2) is 13.6. The molecule has 3 rings (SSSR count). The van der Waals surface area contributed by atoms with Gasteiger partial charge in [0.1, 0.15) is 17.6 Å². The number of carbonyl (C=O) groups is 3. The minimum absolute atomic E-state index is 0.0482. The Morgan fingerprint density at radius 1 is 1.23 bits per heavy atom. The van der Waals surface area contributed by atoms with Gasteiger partial charge in [-0.2, -0.15) is 0 Å². The van der Waals surface area contributed by atoms with Gasteiger partial charge in [0.15, 0.2) is 0 Å². The first-order valence-electron chi connectivity index (χ1n) is 15.4. The van der Waals surface area contributed by atoms with Gasteiger partial charge in [0.05, 0.1) is 30.8 Å². The summed E-state index contributed by atoms with van der Waals surface area (Å²) in [6.45, 7) is 18.6. The van der Waals surface area contributed by atoms with Gasteiger partial charge in [-0.25, -0.2) is 0 Å². The predicted octanol–water partition coefficient (Wildman–Crippen LogP) is 4.51. The Morgan fingerprint density at radius 3 is 2.55 bits per heavy atom. The summed E-state index contributed by atoms with van der Waals surface area (Å²) in [6, 6.07) is -1.48. The summed E-state index contributed by atoms with van der Waals surface area (Å²) >= 11 is 0. The molecule has 3 heterocycles. The number of nitrogens with zero attached hydrogens (tertiary/aromatic N) is 2. The van der Waals surface area contributed by atoms with Crippen LogP contribution in [0.4, 0.5) is 0 Å². The molecule has 8 nitrogen and oxygen atoms in total. The summed E-state index contributed by atoms with van der Waals surface area (Å²) in [5.74, 6) is -2.66. The summed E-state index contributed by atoms with van der Waals surface area (Å²) in [5.41, 5.74) is -2.07. The molecule has 3 aliphatic heterocycles. The average molecular weight is 561 g/mol. The van der Waals surface area contributed by atoms with Crippen LogP contribution in [0.1, 0.15) is 86.0 Å². The van der Waals surface area contributed by atoms with Crippen molar-refractivity contribution in [2.45, 2.75) is 109 Å². The standard InChI is InChI=1S/C32H52N2O6/c1-8-12-14-16-19-39-30(38)26-25-28(36)34(24(21-35)22(5)11-4)27(32(25)20-23(6)31(26,7)40-32)29(37)33(17-10-3)18-15-13-9-2/h8,10,22-27,35H,1,3,9,11-21H2,2,4-7H3/t22-,23?,24-,25-,26-,27?,31+,32?/m0/s1. The van der Waals surface area contributed by atoms with Crippen molar-refractivity contribution in [2.24, 2.45) is 23.7 Å². The van der Waals surface area contributed by atoms with E-state index >= 15 is 0 Å². The van der Waals surface area contributed by atoms with Crippen LogP contribution in [0.5, 0.6) is 0 Å². The molecule has 1 spiro atoms. The number of likely N-dealkylation sites (tertiary alicyclic amines) is 1. The number of hydrogen-bond donors (Lipinski definition) is 1. The fraction of sp³-hybridized carbons (Fsp3) is 0.781. The highest BCUT2D eigenvalue weighted by molar-refractivity contribution is 5.98. The lowest BCUT2D eigenvalue weighted by molar-refractivity contribution is -0.164. The number of allylic oxidation sites excluding steroid dienone is 1. The second-order valence-electron chi connectivity index (χ2n) is 12.3. The lowest BCUT2D eigenvalue weighted by Gasteiger charge is -2.41. The van der Waals surface area contributed by atoms with Crippen LogP contribution in [-0.2, 0) is 23.9 Å². The van der Waals surface area contributed by atoms with Crippen molar-refractivity contribution < 1.29 is 29.0 Å². The molecule has 40 heavy (non-hydrogen) atoms. The Morgan fingerprint density at radius 2 is 1.95 bits per heavy atom. The molecule has 2 bridgehead atoms. The van der Waals surface area contributed by atoms with Gasteiger partial charge >= 0.3 is 5.97 Å². The van der Waals surface area contributed by atoms with Crippen LogP contribution in [0.2, 0.25) is 0 Å². The van der Waals surface area contributed by atoms with Gasteiger partial charge in [-0.05, 0) is 50.9 Å². The summed E-state index contributed by atoms with van der Waals surface area (Å²) in [6.07, 6.45) is 10.0. The van der Waals surface area contributed by atoms with Gasteiger partial charge in [-0.15, -0.1) is 13.2 Å². The Bertz CT molecular complexity index is 938. The number of rotatable bonds is 17. The molecular weight excluding hydrogens is 508 g/mol. The van der Waals surface area contributed by atoms with Crippen LogP contribution in [-0.4, -0.2) is 82.3 Å². The minimum atomic E-state index is -1.15. The van der Waals surface area contributed by atoms with Crippen LogP contribution < -0.4 is 0 Å². The highest BCUT2D eigenvalue weighted by Gasteiger charge is 2.80. The number of unbranched alkanes of at least 4 members (excludes halogenated alkanes) is 4. The van der Waals surface area contributed by atoms with Gasteiger partial charge < -0.3 is 24.4 Å². The molecule has 0 saturated carbocycles. The molecule has 2 amide bonds. The van der Waals surface area contributed by atoms with Crippen molar-refractivity contribution >= 4 is 17.8 Å². The number of esters is 1. The fourth-order valence-corrected chi connectivity index (χ4v) is 7.31. The van der Waals surface area contributed by atoms with Gasteiger partial charge in [0, 0.05) is 13.1 Å². The number of fused-ring (bicyclic) bond motifs is 1. The zero-order valence-electron chi connectivity index (χ0n) is 25.4. The smallest absolute Gasteiger partial charge is 0.312 e. The first-order chi connectivity index (χ1) is 19.1. The van der Waals surface area contributed by atoms with Crippen LogP contribution >= 0.6 is 0 Å². The molecule has 3 aliphatic rings. The molecule has 0 aromatic rings. The SMILES string of the molecule is C=CCCCCOC(=O)[C@@H]1[C@H]2C(=O)N([C@@H](CO)[C@@H](C)CC)C(C(=O)N(CC=C)CCCCC)C23CC(C)[C@@]1(C)O3. The Hall–Kier alpha value is -2.19. The summed E-state index contributed by atoms with van der Waals surface area (Å²) in [4.78, 5) is 46.0. The summed E-state index contributed by atoms with van der Waals surface area (Å²) in [7, 11) is 0. The monoisotopic (exact) mass is 560 g/mol. The average Bonchev–Trinajstić information content (AvgIpc) is 3.44. The number of carbonyl (C=O) groups excluding carboxylic acids is 3. The highest BCUT2D eigenvalue weighted by atomic mass is 16.6. The first kappa shape index (κ1) is 32.3. The molecule has 1 N–H and O–H groups in total. The Kier molecular flexibility index (Phi) is 11.0. The van der Waals surface area contributed by atoms with Crippen LogP contribution in [0, 0.1) is 23.7 Å². The van der Waals surface area contributed by atoms with E-state index in [1.54, 1.807) is 15.9 Å².